The standard InChI is InChI=1S/C29H26N6O3/c1-29(2,3)25-14-26(35(34-25)20-11-12-24-18(13-20)15-31-38-24)33-28(37)32-19-9-7-17(8-10-19)21-5-4-6-22-23(21)16-30-27(22)36/h4-15H,16H2,1-3H3,(H,30,36)(H2,32,33,37). The summed E-state index contributed by atoms with van der Waals surface area (Å²) in [6.45, 7) is 6.73. The van der Waals surface area contributed by atoms with E-state index >= 15 is 0 Å². The number of rotatable bonds is 4. The highest BCUT2D eigenvalue weighted by atomic mass is 16.5. The SMILES string of the molecule is CC(C)(C)c1cc(NC(=O)Nc2ccc(-c3cccc4c3CNC4=O)cc2)n(-c2ccc3oncc3c2)n1. The summed E-state index contributed by atoms with van der Waals surface area (Å²) in [5.41, 5.74) is 6.39. The number of hydrogen-bond acceptors (Lipinski definition) is 5. The highest BCUT2D eigenvalue weighted by molar-refractivity contribution is 6.01. The lowest BCUT2D eigenvalue weighted by molar-refractivity contribution is 0.0965. The fraction of sp³-hybridized carbons (Fsp3) is 0.172. The number of carbonyl (C=O) groups excluding carboxylic acids is 2. The van der Waals surface area contributed by atoms with Crippen LogP contribution in [0.2, 0.25) is 0 Å². The van der Waals surface area contributed by atoms with Gasteiger partial charge in [0.05, 0.1) is 17.6 Å². The molecule has 5 aromatic rings. The molecule has 190 valence electrons. The summed E-state index contributed by atoms with van der Waals surface area (Å²) in [4.78, 5) is 25.0. The van der Waals surface area contributed by atoms with Gasteiger partial charge in [-0.2, -0.15) is 5.10 Å². The molecule has 3 amide bonds. The van der Waals surface area contributed by atoms with Crippen molar-refractivity contribution in [1.29, 1.82) is 0 Å². The van der Waals surface area contributed by atoms with Crippen LogP contribution in [0, 0.1) is 0 Å². The van der Waals surface area contributed by atoms with E-state index in [9.17, 15) is 9.59 Å². The molecule has 3 N–H and O–H groups in total. The molecule has 38 heavy (non-hydrogen) atoms. The zero-order valence-corrected chi connectivity index (χ0v) is 21.2. The summed E-state index contributed by atoms with van der Waals surface area (Å²) < 4.78 is 6.92. The Morgan fingerprint density at radius 3 is 2.58 bits per heavy atom. The molecule has 9 heteroatoms. The van der Waals surface area contributed by atoms with Crippen LogP contribution in [-0.4, -0.2) is 26.9 Å². The van der Waals surface area contributed by atoms with Crippen LogP contribution in [0.15, 0.2) is 77.4 Å². The van der Waals surface area contributed by atoms with Gasteiger partial charge in [0, 0.05) is 34.7 Å². The number of urea groups is 1. The second-order valence-corrected chi connectivity index (χ2v) is 10.3. The van der Waals surface area contributed by atoms with Gasteiger partial charge < -0.3 is 15.2 Å². The van der Waals surface area contributed by atoms with Crippen molar-refractivity contribution >= 4 is 34.4 Å². The highest BCUT2D eigenvalue weighted by Crippen LogP contribution is 2.31. The van der Waals surface area contributed by atoms with E-state index < -0.39 is 0 Å². The molecule has 0 bridgehead atoms. The number of anilines is 2. The third-order valence-corrected chi connectivity index (χ3v) is 6.60. The van der Waals surface area contributed by atoms with E-state index in [0.29, 0.717) is 29.2 Å². The van der Waals surface area contributed by atoms with Crippen molar-refractivity contribution in [2.45, 2.75) is 32.7 Å². The molecular weight excluding hydrogens is 480 g/mol. The van der Waals surface area contributed by atoms with Crippen LogP contribution in [0.25, 0.3) is 27.8 Å². The number of carbonyl (C=O) groups is 2. The fourth-order valence-corrected chi connectivity index (χ4v) is 4.56. The Morgan fingerprint density at radius 1 is 1.00 bits per heavy atom. The Kier molecular flexibility index (Phi) is 5.48. The Hall–Kier alpha value is -4.92. The molecule has 0 spiro atoms. The topological polar surface area (TPSA) is 114 Å². The van der Waals surface area contributed by atoms with Gasteiger partial charge in [0.2, 0.25) is 0 Å². The van der Waals surface area contributed by atoms with Gasteiger partial charge in [0.15, 0.2) is 5.58 Å². The van der Waals surface area contributed by atoms with Crippen LogP contribution in [0.4, 0.5) is 16.3 Å². The highest BCUT2D eigenvalue weighted by Gasteiger charge is 2.23. The molecule has 1 aliphatic heterocycles. The normalized spacial score (nSPS) is 12.9. The van der Waals surface area contributed by atoms with Crippen molar-refractivity contribution in [3.8, 4) is 16.8 Å². The second-order valence-electron chi connectivity index (χ2n) is 10.3. The first kappa shape index (κ1) is 23.5. The minimum Gasteiger partial charge on any atom is -0.356 e. The number of nitrogens with zero attached hydrogens (tertiary/aromatic N) is 3. The quantitative estimate of drug-likeness (QED) is 0.282. The van der Waals surface area contributed by atoms with Crippen LogP contribution >= 0.6 is 0 Å². The minimum atomic E-state index is -0.388. The lowest BCUT2D eigenvalue weighted by Gasteiger charge is -2.14. The Balaban J connectivity index is 1.23. The Bertz CT molecular complexity index is 1690. The average Bonchev–Trinajstić information content (AvgIpc) is 3.62. The van der Waals surface area contributed by atoms with Gasteiger partial charge in [-0.1, -0.05) is 50.2 Å². The maximum absolute atomic E-state index is 13.0. The molecule has 3 heterocycles. The maximum Gasteiger partial charge on any atom is 0.324 e. The van der Waals surface area contributed by atoms with E-state index in [1.165, 1.54) is 0 Å². The van der Waals surface area contributed by atoms with Crippen LogP contribution < -0.4 is 16.0 Å². The zero-order chi connectivity index (χ0) is 26.4. The van der Waals surface area contributed by atoms with E-state index in [4.69, 9.17) is 9.62 Å². The maximum atomic E-state index is 13.0. The summed E-state index contributed by atoms with van der Waals surface area (Å²) in [5, 5.41) is 18.2. The summed E-state index contributed by atoms with van der Waals surface area (Å²) in [6.07, 6.45) is 1.65. The number of amides is 3. The summed E-state index contributed by atoms with van der Waals surface area (Å²) in [6, 6.07) is 20.4. The predicted octanol–water partition coefficient (Wildman–Crippen LogP) is 5.87. The van der Waals surface area contributed by atoms with Gasteiger partial charge in [0.1, 0.15) is 5.82 Å². The molecular formula is C29H26N6O3. The van der Waals surface area contributed by atoms with Gasteiger partial charge in [-0.3, -0.25) is 10.1 Å². The van der Waals surface area contributed by atoms with Crippen LogP contribution in [0.1, 0.15) is 42.4 Å². The summed E-state index contributed by atoms with van der Waals surface area (Å²) in [5.74, 6) is 0.490. The molecule has 6 rings (SSSR count). The Morgan fingerprint density at radius 2 is 1.79 bits per heavy atom. The third-order valence-electron chi connectivity index (χ3n) is 6.60. The van der Waals surface area contributed by atoms with E-state index in [1.54, 1.807) is 10.9 Å². The lowest BCUT2D eigenvalue weighted by Crippen LogP contribution is -2.21. The first-order chi connectivity index (χ1) is 18.3. The summed E-state index contributed by atoms with van der Waals surface area (Å²) >= 11 is 0. The van der Waals surface area contributed by atoms with Crippen molar-refractivity contribution < 1.29 is 14.1 Å². The van der Waals surface area contributed by atoms with Crippen molar-refractivity contribution in [2.75, 3.05) is 10.6 Å². The second kappa shape index (κ2) is 8.88. The van der Waals surface area contributed by atoms with Crippen molar-refractivity contribution in [3.63, 3.8) is 0 Å². The molecule has 2 aromatic heterocycles. The molecule has 0 atom stereocenters. The van der Waals surface area contributed by atoms with Crippen LogP contribution in [0.3, 0.4) is 0 Å². The first-order valence-electron chi connectivity index (χ1n) is 12.3. The van der Waals surface area contributed by atoms with Crippen molar-refractivity contribution in [3.05, 3.63) is 89.7 Å². The molecule has 0 unspecified atom stereocenters. The number of hydrogen-bond donors (Lipinski definition) is 3. The van der Waals surface area contributed by atoms with E-state index in [1.807, 2.05) is 66.7 Å². The number of aromatic nitrogens is 3. The van der Waals surface area contributed by atoms with Crippen LogP contribution in [-0.2, 0) is 12.0 Å². The van der Waals surface area contributed by atoms with Gasteiger partial charge in [-0.05, 0) is 53.1 Å². The zero-order valence-electron chi connectivity index (χ0n) is 21.2. The van der Waals surface area contributed by atoms with E-state index in [-0.39, 0.29) is 17.4 Å². The molecule has 0 radical (unpaired) electrons. The number of nitrogens with one attached hydrogen (secondary N) is 3. The van der Waals surface area contributed by atoms with Gasteiger partial charge in [0.25, 0.3) is 5.91 Å². The molecule has 0 saturated carbocycles. The van der Waals surface area contributed by atoms with Crippen LogP contribution in [0.5, 0.6) is 0 Å². The van der Waals surface area contributed by atoms with Crippen molar-refractivity contribution in [1.82, 2.24) is 20.3 Å². The minimum absolute atomic E-state index is 0.0491. The molecule has 9 nitrogen and oxygen atoms in total. The number of benzene rings is 3. The lowest BCUT2D eigenvalue weighted by atomic mass is 9.92. The van der Waals surface area contributed by atoms with Gasteiger partial charge >= 0.3 is 6.03 Å². The molecule has 0 saturated heterocycles. The van der Waals surface area contributed by atoms with Gasteiger partial charge in [-0.15, -0.1) is 0 Å². The molecule has 1 aliphatic rings. The Labute approximate surface area is 218 Å². The largest absolute Gasteiger partial charge is 0.356 e. The third kappa shape index (κ3) is 4.28. The fourth-order valence-electron chi connectivity index (χ4n) is 4.56. The monoisotopic (exact) mass is 506 g/mol. The molecule has 0 aliphatic carbocycles. The molecule has 3 aromatic carbocycles. The average molecular weight is 507 g/mol. The smallest absolute Gasteiger partial charge is 0.324 e. The molecule has 0 fully saturated rings. The first-order valence-corrected chi connectivity index (χ1v) is 12.3. The predicted molar refractivity (Wildman–Crippen MR) is 146 cm³/mol. The number of fused-ring (bicyclic) bond motifs is 2. The summed E-state index contributed by atoms with van der Waals surface area (Å²) in [7, 11) is 0. The van der Waals surface area contributed by atoms with E-state index in [2.05, 4.69) is 41.9 Å². The van der Waals surface area contributed by atoms with Crippen molar-refractivity contribution in [2.24, 2.45) is 0 Å². The van der Waals surface area contributed by atoms with Gasteiger partial charge in [-0.25, -0.2) is 9.48 Å². The van der Waals surface area contributed by atoms with E-state index in [0.717, 1.165) is 33.5 Å².